The van der Waals surface area contributed by atoms with E-state index in [1.54, 1.807) is 20.1 Å². The molecular weight excluding hydrogens is 1820 g/mol. The number of amides is 19. The standard InChI is InChI=1S/C86H131N21O27S2/c1-9-44(6)70(86(133)134)105-74(121)53(30-35-136-8)95-80(127)61-16-13-33-107(61)85(132)59(41-65(92)113)102-72(119)52(26-28-67(116)117)93-75(122)54(36-45-17-21-47(108)22-18-45)98-78(125)57(39-63(90)111)101-83(130)69(43(4)5)103-73(120)50(14-10-11-31-87)96-82(129)68(42(2)3)104-79(126)58(40-64(91)112)99-76(123)55(37-46-19-23-48(109)24-20-46)97-71(118)51(25-27-66(114)115)94-77(124)56(38-62(89)110)100-81(128)60-15-12-32-106(60)84(131)49(88)29-34-135-7/h17-24,42-44,49-61,68-70,108-109H,9-16,25-41,87-88H2,1-8H3,(H2,89,110)(H2,90,111)(H2,91,112)(H2,92,113)(H,93,122)(H,94,124)(H,95,127)(H,96,129)(H,97,118)(H,98,125)(H,99,123)(H,100,128)(H,101,130)(H,102,119)(H,103,120)(H,104,126)(H,105,121)(H,114,115)(H,116,117)(H,133,134)/t44-,49-,50-,51-,52-,53-,54-,55-,56-,57-,58-,59-,60-,61-,68-,69-,70-/m0/s1. The number of carbonyl (C=O) groups excluding carboxylic acids is 19. The Hall–Kier alpha value is -13.0. The van der Waals surface area contributed by atoms with Crippen molar-refractivity contribution in [2.75, 3.05) is 43.7 Å². The Morgan fingerprint density at radius 1 is 0.382 bits per heavy atom. The van der Waals surface area contributed by atoms with Crippen LogP contribution in [0.3, 0.4) is 0 Å². The summed E-state index contributed by atoms with van der Waals surface area (Å²) >= 11 is 2.76. The number of hydrogen-bond acceptors (Lipinski definition) is 28. The lowest BCUT2D eigenvalue weighted by atomic mass is 9.98. The van der Waals surface area contributed by atoms with Crippen LogP contribution in [-0.4, -0.2) is 306 Å². The van der Waals surface area contributed by atoms with Crippen LogP contribution < -0.4 is 104 Å². The molecule has 2 aliphatic rings. The van der Waals surface area contributed by atoms with Gasteiger partial charge in [0.25, 0.3) is 0 Å². The van der Waals surface area contributed by atoms with E-state index >= 15 is 0 Å². The average molecular weight is 1960 g/mol. The van der Waals surface area contributed by atoms with Gasteiger partial charge in [0.1, 0.15) is 102 Å². The minimum atomic E-state index is -2.03. The molecular formula is C86H131N21O27S2. The number of nitrogens with zero attached hydrogens (tertiary/aromatic N) is 2. The molecule has 0 aromatic heterocycles. The summed E-state index contributed by atoms with van der Waals surface area (Å²) in [7, 11) is 0. The number of carboxylic acids is 3. The number of phenols is 2. The SMILES string of the molecule is CC[C@H](C)[C@H](NC(=O)[C@H](CCSC)NC(=O)[C@@H]1CCCN1C(=O)[C@H](CC(N)=O)NC(=O)[C@H](CCC(=O)O)NC(=O)[C@H](Cc1ccc(O)cc1)NC(=O)[C@H](CC(N)=O)NC(=O)[C@@H](NC(=O)[C@H](CCCCN)NC(=O)[C@@H](NC(=O)[C@H](CC(N)=O)NC(=O)[C@H](Cc1ccc(O)cc1)NC(=O)[C@H](CCC(=O)O)NC(=O)[C@H](CC(N)=O)NC(=O)[C@@H]1CCCN1C(=O)[C@@H](N)CCSC)C(C)C)C(C)C)C(=O)O. The maximum atomic E-state index is 14.8. The molecule has 0 aliphatic carbocycles. The van der Waals surface area contributed by atoms with E-state index in [4.69, 9.17) is 34.4 Å². The van der Waals surface area contributed by atoms with E-state index in [1.807, 2.05) is 6.26 Å². The van der Waals surface area contributed by atoms with Crippen LogP contribution in [0, 0.1) is 17.8 Å². The third kappa shape index (κ3) is 38.8. The molecule has 0 spiro atoms. The molecule has 136 heavy (non-hydrogen) atoms. The summed E-state index contributed by atoms with van der Waals surface area (Å²) in [5.41, 5.74) is 34.8. The number of carboxylic acid groups (broad SMARTS) is 3. The molecule has 30 N–H and O–H groups in total. The fourth-order valence-corrected chi connectivity index (χ4v) is 15.7. The van der Waals surface area contributed by atoms with Gasteiger partial charge in [-0.2, -0.15) is 23.5 Å². The van der Waals surface area contributed by atoms with Crippen molar-refractivity contribution in [3.05, 3.63) is 59.7 Å². The van der Waals surface area contributed by atoms with Crippen LogP contribution in [-0.2, 0) is 118 Å². The van der Waals surface area contributed by atoms with Crippen molar-refractivity contribution in [2.24, 2.45) is 52.2 Å². The van der Waals surface area contributed by atoms with E-state index in [0.717, 1.165) is 4.90 Å². The van der Waals surface area contributed by atoms with Crippen molar-refractivity contribution in [3.63, 3.8) is 0 Å². The molecule has 0 saturated carbocycles. The van der Waals surface area contributed by atoms with Gasteiger partial charge >= 0.3 is 17.9 Å². The summed E-state index contributed by atoms with van der Waals surface area (Å²) in [4.78, 5) is 305. The van der Waals surface area contributed by atoms with E-state index in [2.05, 4.69) is 69.1 Å². The first-order chi connectivity index (χ1) is 64.0. The molecule has 19 amide bonds. The van der Waals surface area contributed by atoms with Crippen LogP contribution in [0.5, 0.6) is 11.5 Å². The highest BCUT2D eigenvalue weighted by Crippen LogP contribution is 2.24. The minimum Gasteiger partial charge on any atom is -0.508 e. The average Bonchev–Trinajstić information content (AvgIpc) is 1.63. The van der Waals surface area contributed by atoms with Crippen LogP contribution >= 0.6 is 23.5 Å². The summed E-state index contributed by atoms with van der Waals surface area (Å²) in [6.07, 6.45) is -2.98. The Labute approximate surface area is 793 Å². The molecule has 17 atom stereocenters. The molecule has 2 fully saturated rings. The van der Waals surface area contributed by atoms with E-state index in [0.29, 0.717) is 24.3 Å². The maximum absolute atomic E-state index is 14.8. The number of benzene rings is 2. The highest BCUT2D eigenvalue weighted by Gasteiger charge is 2.45. The predicted molar refractivity (Wildman–Crippen MR) is 491 cm³/mol. The molecule has 0 radical (unpaired) electrons. The molecule has 48 nitrogen and oxygen atoms in total. The summed E-state index contributed by atoms with van der Waals surface area (Å²) in [5.74, 6) is -27.5. The Morgan fingerprint density at radius 2 is 0.691 bits per heavy atom. The Balaban J connectivity index is 1.64. The largest absolute Gasteiger partial charge is 0.508 e. The molecule has 754 valence electrons. The third-order valence-electron chi connectivity index (χ3n) is 22.4. The fourth-order valence-electron chi connectivity index (χ4n) is 14.7. The number of thioether (sulfide) groups is 2. The van der Waals surface area contributed by atoms with Crippen molar-refractivity contribution < 1.29 is 131 Å². The molecule has 0 unspecified atom stereocenters. The molecule has 2 aromatic carbocycles. The number of carbonyl (C=O) groups is 22. The van der Waals surface area contributed by atoms with Crippen LogP contribution in [0.1, 0.15) is 168 Å². The van der Waals surface area contributed by atoms with Crippen LogP contribution in [0.2, 0.25) is 0 Å². The van der Waals surface area contributed by atoms with Gasteiger partial charge in [0.05, 0.1) is 31.7 Å². The van der Waals surface area contributed by atoms with E-state index in [-0.39, 0.29) is 93.6 Å². The van der Waals surface area contributed by atoms with E-state index < -0.39 is 309 Å². The van der Waals surface area contributed by atoms with Crippen LogP contribution in [0.4, 0.5) is 0 Å². The Kier molecular flexibility index (Phi) is 48.9. The lowest BCUT2D eigenvalue weighted by Gasteiger charge is -2.31. The van der Waals surface area contributed by atoms with Gasteiger partial charge in [-0.25, -0.2) is 4.79 Å². The summed E-state index contributed by atoms with van der Waals surface area (Å²) in [6.45, 7) is 9.15. The number of primary amides is 4. The van der Waals surface area contributed by atoms with Crippen molar-refractivity contribution in [1.82, 2.24) is 78.9 Å². The fraction of sp³-hybridized carbons (Fsp3) is 0.605. The van der Waals surface area contributed by atoms with Crippen molar-refractivity contribution in [1.29, 1.82) is 0 Å². The highest BCUT2D eigenvalue weighted by atomic mass is 32.2. The lowest BCUT2D eigenvalue weighted by molar-refractivity contribution is -0.145. The molecule has 2 aromatic rings. The number of aromatic hydroxyl groups is 2. The second-order valence-corrected chi connectivity index (χ2v) is 35.9. The summed E-state index contributed by atoms with van der Waals surface area (Å²) < 4.78 is 0. The lowest BCUT2D eigenvalue weighted by Crippen LogP contribution is -2.62. The van der Waals surface area contributed by atoms with Gasteiger partial charge < -0.3 is 139 Å². The zero-order valence-electron chi connectivity index (χ0n) is 77.2. The molecule has 2 aliphatic heterocycles. The predicted octanol–water partition coefficient (Wildman–Crippen LogP) is -6.20. The quantitative estimate of drug-likeness (QED) is 0.0274. The molecule has 2 saturated heterocycles. The number of rotatable bonds is 61. The van der Waals surface area contributed by atoms with Gasteiger partial charge in [-0.05, 0) is 154 Å². The van der Waals surface area contributed by atoms with Gasteiger partial charge in [-0.3, -0.25) is 101 Å². The van der Waals surface area contributed by atoms with E-state index in [9.17, 15) is 131 Å². The smallest absolute Gasteiger partial charge is 0.326 e. The van der Waals surface area contributed by atoms with Crippen molar-refractivity contribution in [3.8, 4) is 11.5 Å². The topological polar surface area (TPSA) is 796 Å². The van der Waals surface area contributed by atoms with Gasteiger partial charge in [-0.15, -0.1) is 0 Å². The second-order valence-electron chi connectivity index (χ2n) is 33.9. The molecule has 4 rings (SSSR count). The molecule has 0 bridgehead atoms. The van der Waals surface area contributed by atoms with Crippen molar-refractivity contribution >= 4 is 154 Å². The van der Waals surface area contributed by atoms with Gasteiger partial charge in [0.15, 0.2) is 0 Å². The Bertz CT molecular complexity index is 4550. The molecule has 50 heteroatoms. The van der Waals surface area contributed by atoms with Gasteiger partial charge in [0, 0.05) is 38.8 Å². The number of nitrogens with two attached hydrogens (primary N) is 6. The van der Waals surface area contributed by atoms with Crippen molar-refractivity contribution in [2.45, 2.75) is 267 Å². The third-order valence-corrected chi connectivity index (χ3v) is 23.7. The summed E-state index contributed by atoms with van der Waals surface area (Å²) in [5, 5.41) is 81.4. The number of nitrogens with one attached hydrogen (secondary N) is 13. The maximum Gasteiger partial charge on any atom is 0.326 e. The number of hydrogen-bond donors (Lipinski definition) is 24. The number of unbranched alkanes of at least 4 members (excludes halogenated alkanes) is 1. The summed E-state index contributed by atoms with van der Waals surface area (Å²) in [6, 6.07) is -16.4. The number of aliphatic carboxylic acids is 3. The first-order valence-electron chi connectivity index (χ1n) is 44.4. The monoisotopic (exact) mass is 1950 g/mol. The first-order valence-corrected chi connectivity index (χ1v) is 47.2. The van der Waals surface area contributed by atoms with Crippen LogP contribution in [0.25, 0.3) is 0 Å². The minimum absolute atomic E-state index is 0.00256. The Morgan fingerprint density at radius 3 is 1.07 bits per heavy atom. The number of likely N-dealkylation sites (tertiary alicyclic amines) is 2. The van der Waals surface area contributed by atoms with Gasteiger partial charge in [-0.1, -0.05) is 72.2 Å². The molecule has 2 heterocycles. The normalized spacial score (nSPS) is 16.7. The zero-order chi connectivity index (χ0) is 102. The van der Waals surface area contributed by atoms with Crippen LogP contribution in [0.15, 0.2) is 48.5 Å². The first kappa shape index (κ1) is 115. The van der Waals surface area contributed by atoms with E-state index in [1.165, 1.54) is 105 Å². The zero-order valence-corrected chi connectivity index (χ0v) is 78.8. The number of phenolic OH excluding ortho intramolecular Hbond substituents is 2. The highest BCUT2D eigenvalue weighted by molar-refractivity contribution is 7.98. The second kappa shape index (κ2) is 57.7. The van der Waals surface area contributed by atoms with Gasteiger partial charge in [0.2, 0.25) is 112 Å².